The minimum Gasteiger partial charge on any atom is -0.338 e. The van der Waals surface area contributed by atoms with Crippen molar-refractivity contribution in [3.8, 4) is 11.4 Å². The van der Waals surface area contributed by atoms with E-state index in [1.807, 2.05) is 22.2 Å². The number of H-pyrrole nitrogens is 1. The van der Waals surface area contributed by atoms with Crippen LogP contribution in [0.1, 0.15) is 5.89 Å². The fourth-order valence-electron chi connectivity index (χ4n) is 1.87. The lowest BCUT2D eigenvalue weighted by molar-refractivity contribution is 0.391. The number of nitrogens with one attached hydrogen (secondary N) is 1. The summed E-state index contributed by atoms with van der Waals surface area (Å²) in [6.07, 6.45) is 0. The van der Waals surface area contributed by atoms with Crippen LogP contribution in [0.3, 0.4) is 0 Å². The summed E-state index contributed by atoms with van der Waals surface area (Å²) in [4.78, 5) is 24.1. The third-order valence-corrected chi connectivity index (χ3v) is 5.24. The summed E-state index contributed by atoms with van der Waals surface area (Å²) in [5.74, 6) is 1.53. The molecule has 0 bridgehead atoms. The molecular weight excluding hydrogens is 340 g/mol. The molecule has 0 amide bonds. The molecule has 9 heteroatoms. The van der Waals surface area contributed by atoms with Crippen molar-refractivity contribution in [3.63, 3.8) is 0 Å². The second-order valence-corrected chi connectivity index (χ2v) is 6.96. The molecule has 0 aliphatic heterocycles. The predicted octanol–water partition coefficient (Wildman–Crippen LogP) is 3.39. The highest BCUT2D eigenvalue weighted by atomic mass is 32.2. The Hall–Kier alpha value is -1.97. The lowest BCUT2D eigenvalue weighted by Crippen LogP contribution is -2.07. The number of hydrogen-bond donors (Lipinski definition) is 1. The van der Waals surface area contributed by atoms with E-state index in [1.54, 1.807) is 17.4 Å². The number of rotatable bonds is 4. The molecule has 0 aromatic carbocycles. The Balaban J connectivity index is 1.53. The smallest absolute Gasteiger partial charge is 0.260 e. The van der Waals surface area contributed by atoms with Crippen molar-refractivity contribution in [3.05, 3.63) is 44.5 Å². The molecule has 0 fully saturated rings. The van der Waals surface area contributed by atoms with Crippen LogP contribution in [0.5, 0.6) is 0 Å². The summed E-state index contributed by atoms with van der Waals surface area (Å²) >= 11 is 4.39. The van der Waals surface area contributed by atoms with Crippen molar-refractivity contribution in [2.75, 3.05) is 0 Å². The van der Waals surface area contributed by atoms with Crippen LogP contribution in [-0.2, 0) is 5.75 Å². The van der Waals surface area contributed by atoms with Crippen LogP contribution in [0.4, 0.5) is 0 Å². The lowest BCUT2D eigenvalue weighted by atomic mass is 10.3. The van der Waals surface area contributed by atoms with Crippen LogP contribution in [0.25, 0.3) is 21.6 Å². The molecule has 0 unspecified atom stereocenters. The molecule has 4 rings (SSSR count). The van der Waals surface area contributed by atoms with E-state index in [0.717, 1.165) is 10.4 Å². The van der Waals surface area contributed by atoms with Gasteiger partial charge in [-0.25, -0.2) is 4.98 Å². The first-order chi connectivity index (χ1) is 10.8. The molecule has 0 atom stereocenters. The highest BCUT2D eigenvalue weighted by Crippen LogP contribution is 2.23. The van der Waals surface area contributed by atoms with Gasteiger partial charge in [0.15, 0.2) is 5.16 Å². The molecule has 0 radical (unpaired) electrons. The topological polar surface area (TPSA) is 84.7 Å². The summed E-state index contributed by atoms with van der Waals surface area (Å²) in [5.41, 5.74) is 0.815. The standard InChI is InChI=1S/C13H8N4O2S3/c18-11-8-2-4-21-12(8)16-13(15-11)22-6-9-14-10(17-19-9)7-1-3-20-5-7/h1-5H,6H2,(H,15,16,18). The zero-order valence-electron chi connectivity index (χ0n) is 11.0. The number of aromatic amines is 1. The van der Waals surface area contributed by atoms with Crippen molar-refractivity contribution in [2.45, 2.75) is 10.9 Å². The van der Waals surface area contributed by atoms with Gasteiger partial charge in [0, 0.05) is 10.9 Å². The van der Waals surface area contributed by atoms with Crippen molar-refractivity contribution >= 4 is 44.7 Å². The summed E-state index contributed by atoms with van der Waals surface area (Å²) in [6, 6.07) is 3.71. The molecule has 0 aliphatic carbocycles. The SMILES string of the molecule is O=c1[nH]c(SCc2nc(-c3ccsc3)no2)nc2sccc12. The fourth-order valence-corrected chi connectivity index (χ4v) is 4.02. The van der Waals surface area contributed by atoms with Crippen molar-refractivity contribution in [1.29, 1.82) is 0 Å². The summed E-state index contributed by atoms with van der Waals surface area (Å²) in [6.45, 7) is 0. The number of thiophene rings is 2. The maximum Gasteiger partial charge on any atom is 0.260 e. The molecule has 4 heterocycles. The number of thioether (sulfide) groups is 1. The molecule has 0 saturated carbocycles. The summed E-state index contributed by atoms with van der Waals surface area (Å²) < 4.78 is 5.22. The first kappa shape index (κ1) is 13.7. The second-order valence-electron chi connectivity index (χ2n) is 4.32. The van der Waals surface area contributed by atoms with E-state index < -0.39 is 0 Å². The van der Waals surface area contributed by atoms with Gasteiger partial charge >= 0.3 is 0 Å². The quantitative estimate of drug-likeness (QED) is 0.449. The van der Waals surface area contributed by atoms with Gasteiger partial charge in [0.2, 0.25) is 11.7 Å². The van der Waals surface area contributed by atoms with Gasteiger partial charge in [-0.3, -0.25) is 4.79 Å². The number of aromatic nitrogens is 4. The Morgan fingerprint density at radius 2 is 2.23 bits per heavy atom. The molecule has 4 aromatic rings. The minimum absolute atomic E-state index is 0.127. The summed E-state index contributed by atoms with van der Waals surface area (Å²) in [5, 5.41) is 10.9. The molecule has 1 N–H and O–H groups in total. The van der Waals surface area contributed by atoms with Crippen LogP contribution in [-0.4, -0.2) is 20.1 Å². The number of hydrogen-bond acceptors (Lipinski definition) is 8. The van der Waals surface area contributed by atoms with E-state index in [0.29, 0.717) is 28.0 Å². The van der Waals surface area contributed by atoms with E-state index in [-0.39, 0.29) is 5.56 Å². The highest BCUT2D eigenvalue weighted by molar-refractivity contribution is 7.98. The van der Waals surface area contributed by atoms with E-state index in [2.05, 4.69) is 20.1 Å². The highest BCUT2D eigenvalue weighted by Gasteiger charge is 2.11. The zero-order valence-corrected chi connectivity index (χ0v) is 13.4. The number of fused-ring (bicyclic) bond motifs is 1. The predicted molar refractivity (Wildman–Crippen MR) is 87.4 cm³/mol. The minimum atomic E-state index is -0.127. The third-order valence-electron chi connectivity index (χ3n) is 2.89. The van der Waals surface area contributed by atoms with Gasteiger partial charge in [0.1, 0.15) is 4.83 Å². The van der Waals surface area contributed by atoms with Gasteiger partial charge in [0.25, 0.3) is 5.56 Å². The maximum atomic E-state index is 11.9. The Kier molecular flexibility index (Phi) is 3.53. The van der Waals surface area contributed by atoms with E-state index >= 15 is 0 Å². The van der Waals surface area contributed by atoms with Crippen molar-refractivity contribution < 1.29 is 4.52 Å². The van der Waals surface area contributed by atoms with E-state index in [4.69, 9.17) is 4.52 Å². The summed E-state index contributed by atoms with van der Waals surface area (Å²) in [7, 11) is 0. The largest absolute Gasteiger partial charge is 0.338 e. The first-order valence-electron chi connectivity index (χ1n) is 6.25. The Labute approximate surface area is 136 Å². The molecule has 6 nitrogen and oxygen atoms in total. The normalized spacial score (nSPS) is 11.3. The van der Waals surface area contributed by atoms with Gasteiger partial charge < -0.3 is 9.51 Å². The van der Waals surface area contributed by atoms with Gasteiger partial charge in [-0.15, -0.1) is 11.3 Å². The average Bonchev–Trinajstić information content (AvgIpc) is 3.25. The third kappa shape index (κ3) is 2.58. The molecule has 0 aliphatic rings. The molecule has 0 saturated heterocycles. The van der Waals surface area contributed by atoms with Crippen LogP contribution >= 0.6 is 34.4 Å². The Morgan fingerprint density at radius 3 is 3.09 bits per heavy atom. The van der Waals surface area contributed by atoms with Crippen molar-refractivity contribution in [1.82, 2.24) is 20.1 Å². The van der Waals surface area contributed by atoms with Crippen molar-refractivity contribution in [2.24, 2.45) is 0 Å². The Bertz CT molecular complexity index is 971. The van der Waals surface area contributed by atoms with Crippen LogP contribution in [0.2, 0.25) is 0 Å². The first-order valence-corrected chi connectivity index (χ1v) is 9.06. The van der Waals surface area contributed by atoms with Crippen LogP contribution < -0.4 is 5.56 Å². The van der Waals surface area contributed by atoms with Gasteiger partial charge in [-0.2, -0.15) is 16.3 Å². The molecule has 22 heavy (non-hydrogen) atoms. The Morgan fingerprint density at radius 1 is 1.27 bits per heavy atom. The average molecular weight is 348 g/mol. The molecular formula is C13H8N4O2S3. The van der Waals surface area contributed by atoms with Crippen LogP contribution in [0.15, 0.2) is 42.7 Å². The van der Waals surface area contributed by atoms with E-state index in [9.17, 15) is 4.79 Å². The van der Waals surface area contributed by atoms with Gasteiger partial charge in [0.05, 0.1) is 11.1 Å². The fraction of sp³-hybridized carbons (Fsp3) is 0.0769. The van der Waals surface area contributed by atoms with E-state index in [1.165, 1.54) is 23.1 Å². The number of nitrogens with zero attached hydrogens (tertiary/aromatic N) is 3. The monoisotopic (exact) mass is 348 g/mol. The second kappa shape index (κ2) is 5.67. The van der Waals surface area contributed by atoms with Gasteiger partial charge in [-0.05, 0) is 22.9 Å². The maximum absolute atomic E-state index is 11.9. The van der Waals surface area contributed by atoms with Gasteiger partial charge in [-0.1, -0.05) is 16.9 Å². The zero-order chi connectivity index (χ0) is 14.9. The molecule has 0 spiro atoms. The molecule has 110 valence electrons. The molecule has 4 aromatic heterocycles. The van der Waals surface area contributed by atoms with Crippen LogP contribution in [0, 0.1) is 0 Å². The lowest BCUT2D eigenvalue weighted by Gasteiger charge is -1.97.